The van der Waals surface area contributed by atoms with Gasteiger partial charge in [-0.1, -0.05) is 19.9 Å². The van der Waals surface area contributed by atoms with Crippen molar-refractivity contribution in [2.75, 3.05) is 13.7 Å². The summed E-state index contributed by atoms with van der Waals surface area (Å²) < 4.78 is 10.6. The van der Waals surface area contributed by atoms with Gasteiger partial charge >= 0.3 is 5.97 Å². The third-order valence-electron chi connectivity index (χ3n) is 3.44. The molecule has 0 aliphatic carbocycles. The smallest absolute Gasteiger partial charge is 0.330 e. The lowest BCUT2D eigenvalue weighted by molar-refractivity contribution is -0.152. The van der Waals surface area contributed by atoms with Crippen molar-refractivity contribution in [1.82, 2.24) is 5.32 Å². The monoisotopic (exact) mass is 263 g/mol. The molecule has 1 aromatic carbocycles. The third-order valence-corrected chi connectivity index (χ3v) is 3.44. The van der Waals surface area contributed by atoms with Gasteiger partial charge in [0.25, 0.3) is 0 Å². The normalized spacial score (nSPS) is 21.3. The van der Waals surface area contributed by atoms with E-state index in [1.54, 1.807) is 7.11 Å². The van der Waals surface area contributed by atoms with Gasteiger partial charge in [-0.3, -0.25) is 5.32 Å². The number of methoxy groups -OCH3 is 1. The Morgan fingerprint density at radius 2 is 2.21 bits per heavy atom. The molecule has 19 heavy (non-hydrogen) atoms. The zero-order chi connectivity index (χ0) is 14.0. The number of hydrogen-bond donors (Lipinski definition) is 1. The highest BCUT2D eigenvalue weighted by Crippen LogP contribution is 2.34. The predicted molar refractivity (Wildman–Crippen MR) is 73.0 cm³/mol. The van der Waals surface area contributed by atoms with Crippen molar-refractivity contribution < 1.29 is 14.3 Å². The largest absolute Gasteiger partial charge is 0.497 e. The molecule has 1 heterocycles. The molecule has 0 bridgehead atoms. The highest BCUT2D eigenvalue weighted by atomic mass is 16.5. The van der Waals surface area contributed by atoms with Gasteiger partial charge in [0, 0.05) is 6.54 Å². The van der Waals surface area contributed by atoms with Crippen LogP contribution in [0.3, 0.4) is 0 Å². The van der Waals surface area contributed by atoms with Gasteiger partial charge in [-0.05, 0) is 36.1 Å². The summed E-state index contributed by atoms with van der Waals surface area (Å²) in [6.07, 6.45) is 0. The molecule has 1 aliphatic heterocycles. The van der Waals surface area contributed by atoms with Crippen molar-refractivity contribution in [1.29, 1.82) is 0 Å². The summed E-state index contributed by atoms with van der Waals surface area (Å²) in [4.78, 5) is 12.3. The summed E-state index contributed by atoms with van der Waals surface area (Å²) in [5, 5.41) is 3.24. The minimum Gasteiger partial charge on any atom is -0.497 e. The third kappa shape index (κ3) is 2.59. The lowest BCUT2D eigenvalue weighted by Crippen LogP contribution is -2.43. The molecule has 104 valence electrons. The number of carbonyl (C=O) groups excluding carboxylic acids is 1. The summed E-state index contributed by atoms with van der Waals surface area (Å²) in [7, 11) is 1.64. The van der Waals surface area contributed by atoms with E-state index in [1.807, 2.05) is 39.0 Å². The lowest BCUT2D eigenvalue weighted by Gasteiger charge is -2.24. The number of hydrogen-bond acceptors (Lipinski definition) is 4. The van der Waals surface area contributed by atoms with Gasteiger partial charge in [0.1, 0.15) is 11.3 Å². The summed E-state index contributed by atoms with van der Waals surface area (Å²) in [5.41, 5.74) is 1.31. The standard InChI is InChI=1S/C15H21NO3/c1-10(2)9-19-14(17)15(3)13-6-5-12(18-4)7-11(13)8-16-15/h5-7,10,16H,8-9H2,1-4H3. The zero-order valence-electron chi connectivity index (χ0n) is 11.9. The van der Waals surface area contributed by atoms with Gasteiger partial charge < -0.3 is 9.47 Å². The average Bonchev–Trinajstić information content (AvgIpc) is 2.74. The Kier molecular flexibility index (Phi) is 3.80. The molecule has 0 radical (unpaired) electrons. The first-order valence-corrected chi connectivity index (χ1v) is 6.57. The van der Waals surface area contributed by atoms with Crippen LogP contribution in [0.15, 0.2) is 18.2 Å². The first kappa shape index (κ1) is 13.9. The predicted octanol–water partition coefficient (Wildman–Crippen LogP) is 2.21. The molecule has 0 spiro atoms. The molecule has 0 saturated carbocycles. The van der Waals surface area contributed by atoms with Gasteiger partial charge in [-0.2, -0.15) is 0 Å². The van der Waals surface area contributed by atoms with Crippen LogP contribution in [-0.2, 0) is 21.6 Å². The van der Waals surface area contributed by atoms with E-state index in [0.717, 1.165) is 16.9 Å². The fourth-order valence-corrected chi connectivity index (χ4v) is 2.27. The SMILES string of the molecule is COc1ccc2c(c1)CNC2(C)C(=O)OCC(C)C. The van der Waals surface area contributed by atoms with Crippen LogP contribution in [0.5, 0.6) is 5.75 Å². The van der Waals surface area contributed by atoms with E-state index < -0.39 is 5.54 Å². The Bertz CT molecular complexity index is 484. The maximum Gasteiger partial charge on any atom is 0.330 e. The van der Waals surface area contributed by atoms with Crippen LogP contribution < -0.4 is 10.1 Å². The summed E-state index contributed by atoms with van der Waals surface area (Å²) in [5.74, 6) is 0.926. The Balaban J connectivity index is 2.22. The molecule has 4 nitrogen and oxygen atoms in total. The van der Waals surface area contributed by atoms with Gasteiger partial charge in [0.15, 0.2) is 0 Å². The van der Waals surface area contributed by atoms with Gasteiger partial charge in [0.2, 0.25) is 0 Å². The van der Waals surface area contributed by atoms with Crippen molar-refractivity contribution >= 4 is 5.97 Å². The highest BCUT2D eigenvalue weighted by molar-refractivity contribution is 5.83. The van der Waals surface area contributed by atoms with Crippen molar-refractivity contribution in [2.24, 2.45) is 5.92 Å². The minimum atomic E-state index is -0.753. The minimum absolute atomic E-state index is 0.217. The summed E-state index contributed by atoms with van der Waals surface area (Å²) >= 11 is 0. The Morgan fingerprint density at radius 1 is 1.47 bits per heavy atom. The van der Waals surface area contributed by atoms with Crippen LogP contribution in [0.2, 0.25) is 0 Å². The van der Waals surface area contributed by atoms with Crippen molar-refractivity contribution in [2.45, 2.75) is 32.9 Å². The van der Waals surface area contributed by atoms with Crippen LogP contribution in [0.25, 0.3) is 0 Å². The van der Waals surface area contributed by atoms with Crippen LogP contribution in [0, 0.1) is 5.92 Å². The van der Waals surface area contributed by atoms with E-state index in [4.69, 9.17) is 9.47 Å². The first-order chi connectivity index (χ1) is 8.97. The molecule has 4 heteroatoms. The van der Waals surface area contributed by atoms with E-state index in [0.29, 0.717) is 19.1 Å². The fourth-order valence-electron chi connectivity index (χ4n) is 2.27. The number of fused-ring (bicyclic) bond motifs is 1. The van der Waals surface area contributed by atoms with Gasteiger partial charge in [-0.15, -0.1) is 0 Å². The molecule has 1 aliphatic rings. The molecule has 1 N–H and O–H groups in total. The van der Waals surface area contributed by atoms with Crippen LogP contribution in [0.1, 0.15) is 31.9 Å². The van der Waals surface area contributed by atoms with E-state index in [2.05, 4.69) is 5.32 Å². The second kappa shape index (κ2) is 5.21. The first-order valence-electron chi connectivity index (χ1n) is 6.57. The highest BCUT2D eigenvalue weighted by Gasteiger charge is 2.42. The fraction of sp³-hybridized carbons (Fsp3) is 0.533. The van der Waals surface area contributed by atoms with E-state index in [9.17, 15) is 4.79 Å². The van der Waals surface area contributed by atoms with Crippen LogP contribution in [-0.4, -0.2) is 19.7 Å². The molecular formula is C15H21NO3. The molecule has 0 fully saturated rings. The van der Waals surface area contributed by atoms with Gasteiger partial charge in [0.05, 0.1) is 13.7 Å². The number of esters is 1. The second-order valence-electron chi connectivity index (χ2n) is 5.49. The maximum atomic E-state index is 12.3. The summed E-state index contributed by atoms with van der Waals surface area (Å²) in [6, 6.07) is 5.77. The number of rotatable bonds is 4. The molecule has 1 atom stereocenters. The number of nitrogens with one attached hydrogen (secondary N) is 1. The second-order valence-corrected chi connectivity index (χ2v) is 5.49. The number of benzene rings is 1. The molecule has 2 rings (SSSR count). The Morgan fingerprint density at radius 3 is 2.84 bits per heavy atom. The molecular weight excluding hydrogens is 242 g/mol. The van der Waals surface area contributed by atoms with Crippen molar-refractivity contribution in [3.63, 3.8) is 0 Å². The topological polar surface area (TPSA) is 47.6 Å². The lowest BCUT2D eigenvalue weighted by atomic mass is 9.92. The molecule has 1 aromatic rings. The van der Waals surface area contributed by atoms with Crippen molar-refractivity contribution in [3.8, 4) is 5.75 Å². The molecule has 0 saturated heterocycles. The van der Waals surface area contributed by atoms with Crippen molar-refractivity contribution in [3.05, 3.63) is 29.3 Å². The molecule has 0 aromatic heterocycles. The van der Waals surface area contributed by atoms with E-state index in [1.165, 1.54) is 0 Å². The van der Waals surface area contributed by atoms with Crippen LogP contribution in [0.4, 0.5) is 0 Å². The number of ether oxygens (including phenoxy) is 2. The maximum absolute atomic E-state index is 12.3. The van der Waals surface area contributed by atoms with Crippen LogP contribution >= 0.6 is 0 Å². The summed E-state index contributed by atoms with van der Waals surface area (Å²) in [6.45, 7) is 7.02. The Labute approximate surface area is 114 Å². The molecule has 0 amide bonds. The van der Waals surface area contributed by atoms with E-state index >= 15 is 0 Å². The Hall–Kier alpha value is -1.55. The average molecular weight is 263 g/mol. The molecule has 1 unspecified atom stereocenters. The van der Waals surface area contributed by atoms with Gasteiger partial charge in [-0.25, -0.2) is 4.79 Å². The zero-order valence-corrected chi connectivity index (χ0v) is 11.9. The quantitative estimate of drug-likeness (QED) is 0.846. The number of carbonyl (C=O) groups is 1. The van der Waals surface area contributed by atoms with E-state index in [-0.39, 0.29) is 5.97 Å².